The Hall–Kier alpha value is -2.42. The zero-order chi connectivity index (χ0) is 12.5. The normalized spacial score (nSPS) is 10.7. The van der Waals surface area contributed by atoms with E-state index in [9.17, 15) is 9.18 Å². The molecule has 1 aromatic carbocycles. The molecule has 0 radical (unpaired) electrons. The molecule has 0 saturated carbocycles. The zero-order valence-corrected chi connectivity index (χ0v) is 9.51. The highest BCUT2D eigenvalue weighted by atomic mass is 19.1. The van der Waals surface area contributed by atoms with Gasteiger partial charge in [0.1, 0.15) is 5.82 Å². The van der Waals surface area contributed by atoms with Gasteiger partial charge in [-0.15, -0.1) is 0 Å². The van der Waals surface area contributed by atoms with Crippen molar-refractivity contribution in [2.45, 2.75) is 0 Å². The molecule has 0 N–H and O–H groups in total. The van der Waals surface area contributed by atoms with Crippen LogP contribution in [0.25, 0.3) is 16.6 Å². The smallest absolute Gasteiger partial charge is 0.263 e. The van der Waals surface area contributed by atoms with Gasteiger partial charge >= 0.3 is 0 Å². The molecule has 0 saturated heterocycles. The fraction of sp³-hybridized carbons (Fsp3) is 0. The van der Waals surface area contributed by atoms with Gasteiger partial charge in [0, 0.05) is 17.3 Å². The number of benzene rings is 1. The first-order valence-corrected chi connectivity index (χ1v) is 5.62. The molecule has 0 aliphatic rings. The molecular weight excluding hydrogens is 229 g/mol. The van der Waals surface area contributed by atoms with Gasteiger partial charge in [0.2, 0.25) is 0 Å². The van der Waals surface area contributed by atoms with Gasteiger partial charge in [-0.2, -0.15) is 0 Å². The Morgan fingerprint density at radius 2 is 1.61 bits per heavy atom. The van der Waals surface area contributed by atoms with Gasteiger partial charge in [-0.3, -0.25) is 9.20 Å². The Balaban J connectivity index is 2.33. The van der Waals surface area contributed by atoms with Crippen molar-refractivity contribution in [2.24, 2.45) is 0 Å². The molecule has 0 aliphatic heterocycles. The number of nitrogens with zero attached hydrogens (tertiary/aromatic N) is 1. The molecule has 0 amide bonds. The standard InChI is InChI=1S/C15H10FNO/c16-12-6-7-13-8-9-14(15(18)17(13)10-12)11-4-2-1-3-5-11/h1-10H. The van der Waals surface area contributed by atoms with Gasteiger partial charge in [-0.1, -0.05) is 30.3 Å². The molecule has 2 aromatic heterocycles. The number of rotatable bonds is 1. The van der Waals surface area contributed by atoms with Crippen LogP contribution in [0.4, 0.5) is 4.39 Å². The summed E-state index contributed by atoms with van der Waals surface area (Å²) in [4.78, 5) is 12.3. The van der Waals surface area contributed by atoms with E-state index in [1.54, 1.807) is 12.1 Å². The Morgan fingerprint density at radius 1 is 0.889 bits per heavy atom. The van der Waals surface area contributed by atoms with Crippen molar-refractivity contribution in [2.75, 3.05) is 0 Å². The van der Waals surface area contributed by atoms with Crippen molar-refractivity contribution in [3.63, 3.8) is 0 Å². The van der Waals surface area contributed by atoms with Crippen LogP contribution in [0.3, 0.4) is 0 Å². The highest BCUT2D eigenvalue weighted by Gasteiger charge is 2.05. The lowest BCUT2D eigenvalue weighted by molar-refractivity contribution is 0.618. The highest BCUT2D eigenvalue weighted by molar-refractivity contribution is 5.65. The molecule has 0 bridgehead atoms. The van der Waals surface area contributed by atoms with Crippen molar-refractivity contribution < 1.29 is 4.39 Å². The van der Waals surface area contributed by atoms with E-state index in [0.717, 1.165) is 5.56 Å². The van der Waals surface area contributed by atoms with Crippen molar-refractivity contribution in [1.29, 1.82) is 0 Å². The molecule has 2 heterocycles. The van der Waals surface area contributed by atoms with Crippen LogP contribution in [0.15, 0.2) is 65.6 Å². The Labute approximate surface area is 103 Å². The number of hydrogen-bond donors (Lipinski definition) is 0. The summed E-state index contributed by atoms with van der Waals surface area (Å²) >= 11 is 0. The van der Waals surface area contributed by atoms with E-state index in [4.69, 9.17) is 0 Å². The van der Waals surface area contributed by atoms with E-state index in [0.29, 0.717) is 11.1 Å². The molecule has 88 valence electrons. The Kier molecular flexibility index (Phi) is 2.45. The van der Waals surface area contributed by atoms with Gasteiger partial charge < -0.3 is 0 Å². The second-order valence-corrected chi connectivity index (χ2v) is 4.06. The summed E-state index contributed by atoms with van der Waals surface area (Å²) < 4.78 is 14.5. The third-order valence-electron chi connectivity index (χ3n) is 2.90. The molecule has 0 unspecified atom stereocenters. The molecule has 0 fully saturated rings. The van der Waals surface area contributed by atoms with E-state index >= 15 is 0 Å². The van der Waals surface area contributed by atoms with Crippen LogP contribution in [0, 0.1) is 5.82 Å². The summed E-state index contributed by atoms with van der Waals surface area (Å²) in [5, 5.41) is 0. The van der Waals surface area contributed by atoms with Crippen molar-refractivity contribution in [1.82, 2.24) is 4.40 Å². The van der Waals surface area contributed by atoms with Gasteiger partial charge in [0.05, 0.1) is 0 Å². The van der Waals surface area contributed by atoms with Gasteiger partial charge in [-0.05, 0) is 29.8 Å². The number of fused-ring (bicyclic) bond motifs is 1. The lowest BCUT2D eigenvalue weighted by Crippen LogP contribution is -2.15. The van der Waals surface area contributed by atoms with Crippen LogP contribution < -0.4 is 5.56 Å². The van der Waals surface area contributed by atoms with Crippen molar-refractivity contribution in [3.8, 4) is 11.1 Å². The molecule has 0 aliphatic carbocycles. The largest absolute Gasteiger partial charge is 0.281 e. The van der Waals surface area contributed by atoms with Gasteiger partial charge in [0.15, 0.2) is 0 Å². The van der Waals surface area contributed by atoms with Crippen LogP contribution in [-0.4, -0.2) is 4.40 Å². The van der Waals surface area contributed by atoms with E-state index < -0.39 is 5.82 Å². The van der Waals surface area contributed by atoms with Crippen molar-refractivity contribution in [3.05, 3.63) is 77.0 Å². The topological polar surface area (TPSA) is 21.5 Å². The molecule has 2 nitrogen and oxygen atoms in total. The average Bonchev–Trinajstić information content (AvgIpc) is 2.41. The minimum atomic E-state index is -0.421. The average molecular weight is 239 g/mol. The quantitative estimate of drug-likeness (QED) is 0.639. The number of hydrogen-bond acceptors (Lipinski definition) is 1. The second-order valence-electron chi connectivity index (χ2n) is 4.06. The molecule has 3 aromatic rings. The maximum atomic E-state index is 13.2. The van der Waals surface area contributed by atoms with Gasteiger partial charge in [0.25, 0.3) is 5.56 Å². The third kappa shape index (κ3) is 1.70. The summed E-state index contributed by atoms with van der Waals surface area (Å²) in [7, 11) is 0. The highest BCUT2D eigenvalue weighted by Crippen LogP contribution is 2.15. The van der Waals surface area contributed by atoms with E-state index in [1.165, 1.54) is 16.7 Å². The van der Waals surface area contributed by atoms with Crippen LogP contribution in [0.5, 0.6) is 0 Å². The molecule has 0 spiro atoms. The fourth-order valence-corrected chi connectivity index (χ4v) is 2.01. The second kappa shape index (κ2) is 4.11. The lowest BCUT2D eigenvalue weighted by Gasteiger charge is -2.05. The number of pyridine rings is 2. The zero-order valence-electron chi connectivity index (χ0n) is 9.51. The SMILES string of the molecule is O=c1c(-c2ccccc2)ccc2ccc(F)cn12. The van der Waals surface area contributed by atoms with Gasteiger partial charge in [-0.25, -0.2) is 4.39 Å². The van der Waals surface area contributed by atoms with E-state index in [1.807, 2.05) is 36.4 Å². The third-order valence-corrected chi connectivity index (χ3v) is 2.90. The minimum absolute atomic E-state index is 0.210. The predicted octanol–water partition coefficient (Wildman–Crippen LogP) is 3.11. The van der Waals surface area contributed by atoms with Crippen molar-refractivity contribution >= 4 is 5.52 Å². The first-order valence-electron chi connectivity index (χ1n) is 5.62. The molecular formula is C15H10FNO. The summed E-state index contributed by atoms with van der Waals surface area (Å²) in [5.41, 5.74) is 1.87. The summed E-state index contributed by atoms with van der Waals surface area (Å²) in [5.74, 6) is -0.421. The molecule has 3 heteroatoms. The maximum absolute atomic E-state index is 13.2. The Morgan fingerprint density at radius 3 is 2.39 bits per heavy atom. The fourth-order valence-electron chi connectivity index (χ4n) is 2.01. The van der Waals surface area contributed by atoms with E-state index in [-0.39, 0.29) is 5.56 Å². The van der Waals surface area contributed by atoms with Crippen LogP contribution >= 0.6 is 0 Å². The minimum Gasteiger partial charge on any atom is -0.281 e. The van der Waals surface area contributed by atoms with Crippen LogP contribution in [0.1, 0.15) is 0 Å². The monoisotopic (exact) mass is 239 g/mol. The maximum Gasteiger partial charge on any atom is 0.263 e. The molecule has 18 heavy (non-hydrogen) atoms. The first-order chi connectivity index (χ1) is 8.75. The summed E-state index contributed by atoms with van der Waals surface area (Å²) in [6.45, 7) is 0. The predicted molar refractivity (Wildman–Crippen MR) is 69.1 cm³/mol. The first kappa shape index (κ1) is 10.7. The van der Waals surface area contributed by atoms with E-state index in [2.05, 4.69) is 0 Å². The number of halogens is 1. The lowest BCUT2D eigenvalue weighted by atomic mass is 10.1. The Bertz CT molecular complexity index is 762. The molecule has 0 atom stereocenters. The van der Waals surface area contributed by atoms with Crippen LogP contribution in [-0.2, 0) is 0 Å². The molecule has 3 rings (SSSR count). The number of aromatic nitrogens is 1. The summed E-state index contributed by atoms with van der Waals surface area (Å²) in [6.07, 6.45) is 1.21. The van der Waals surface area contributed by atoms with Crippen LogP contribution in [0.2, 0.25) is 0 Å². The summed E-state index contributed by atoms with van der Waals surface area (Å²) in [6, 6.07) is 15.9.